The van der Waals surface area contributed by atoms with Crippen molar-refractivity contribution in [3.8, 4) is 17.2 Å². The summed E-state index contributed by atoms with van der Waals surface area (Å²) in [7, 11) is -6.19. The van der Waals surface area contributed by atoms with Gasteiger partial charge in [-0.3, -0.25) is 4.57 Å². The average Bonchev–Trinajstić information content (AvgIpc) is 3.25. The van der Waals surface area contributed by atoms with Crippen LogP contribution in [-0.4, -0.2) is 36.0 Å². The van der Waals surface area contributed by atoms with Gasteiger partial charge in [0.2, 0.25) is 10.6 Å². The molecule has 1 aliphatic rings. The summed E-state index contributed by atoms with van der Waals surface area (Å²) >= 11 is 0. The number of fused-ring (bicyclic) bond motifs is 1. The number of hydrogen-bond acceptors (Lipinski definition) is 6. The highest BCUT2D eigenvalue weighted by Gasteiger charge is 2.70. The van der Waals surface area contributed by atoms with Gasteiger partial charge in [-0.1, -0.05) is 67.5 Å². The zero-order valence-corrected chi connectivity index (χ0v) is 28.7. The molecule has 2 unspecified atom stereocenters. The normalized spacial score (nSPS) is 18.7. The molecule has 43 heavy (non-hydrogen) atoms. The first kappa shape index (κ1) is 34.9. The van der Waals surface area contributed by atoms with E-state index < -0.39 is 26.0 Å². The van der Waals surface area contributed by atoms with Gasteiger partial charge < -0.3 is 33.4 Å². The molecule has 0 heterocycles. The van der Waals surface area contributed by atoms with Crippen molar-refractivity contribution >= 4 is 26.8 Å². The van der Waals surface area contributed by atoms with Crippen LogP contribution in [0.5, 0.6) is 17.2 Å². The zero-order valence-electron chi connectivity index (χ0n) is 27.0. The van der Waals surface area contributed by atoms with Gasteiger partial charge in [0, 0.05) is 0 Å². The zero-order chi connectivity index (χ0) is 32.7. The number of rotatable bonds is 12. The Morgan fingerprint density at radius 3 is 1.72 bits per heavy atom. The number of allylic oxidation sites excluding steroid dienone is 2. The smallest absolute Gasteiger partial charge is 0.403 e. The Bertz CT molecular complexity index is 1490. The maximum absolute atomic E-state index is 14.6. The van der Waals surface area contributed by atoms with E-state index >= 15 is 0 Å². The molecule has 3 N–H and O–H groups in total. The molecule has 3 rings (SSSR count). The molecule has 0 aliphatic heterocycles. The Labute approximate surface area is 255 Å². The van der Waals surface area contributed by atoms with Crippen LogP contribution in [0.4, 0.5) is 0 Å². The van der Waals surface area contributed by atoms with Crippen molar-refractivity contribution in [1.29, 1.82) is 0 Å². The van der Waals surface area contributed by atoms with Crippen molar-refractivity contribution in [2.24, 2.45) is 11.8 Å². The van der Waals surface area contributed by atoms with E-state index in [1.54, 1.807) is 32.0 Å². The minimum absolute atomic E-state index is 0.0130. The summed E-state index contributed by atoms with van der Waals surface area (Å²) in [5, 5.41) is 0. The molecule has 1 aliphatic carbocycles. The molecular formula is C32H46O9P2. The van der Waals surface area contributed by atoms with Gasteiger partial charge in [-0.15, -0.1) is 0 Å². The number of methoxy groups -OCH3 is 3. The summed E-state index contributed by atoms with van der Waals surface area (Å²) in [6.45, 7) is 15.6. The van der Waals surface area contributed by atoms with Gasteiger partial charge in [-0.05, 0) is 80.8 Å². The third-order valence-corrected chi connectivity index (χ3v) is 12.5. The first-order valence-electron chi connectivity index (χ1n) is 14.4. The molecule has 0 saturated heterocycles. The molecule has 0 spiro atoms. The summed E-state index contributed by atoms with van der Waals surface area (Å²) in [6, 6.07) is 6.68. The second-order valence-electron chi connectivity index (χ2n) is 12.0. The SMILES string of the molecule is COc1cc(C=COP(=O)(O)C2(P(=O)(O)O)C(C(C)C)=C(C(C)C)c3c2ccc(C(C)C)c3C(C)C)cc(OC)c1OC. The Morgan fingerprint density at radius 1 is 0.767 bits per heavy atom. The molecule has 2 atom stereocenters. The van der Waals surface area contributed by atoms with E-state index in [0.717, 1.165) is 17.4 Å². The fraction of sp³-hybridized carbons (Fsp3) is 0.500. The Balaban J connectivity index is 2.37. The number of hydrogen-bond donors (Lipinski definition) is 3. The molecule has 11 heteroatoms. The predicted octanol–water partition coefficient (Wildman–Crippen LogP) is 8.24. The van der Waals surface area contributed by atoms with Crippen LogP contribution in [0.2, 0.25) is 0 Å². The molecule has 2 aromatic rings. The Hall–Kier alpha value is -2.54. The first-order chi connectivity index (χ1) is 19.9. The molecule has 2 aromatic carbocycles. The van der Waals surface area contributed by atoms with Crippen LogP contribution < -0.4 is 14.2 Å². The van der Waals surface area contributed by atoms with Crippen LogP contribution in [0, 0.1) is 11.8 Å². The molecule has 0 aromatic heterocycles. The quantitative estimate of drug-likeness (QED) is 0.156. The summed E-state index contributed by atoms with van der Waals surface area (Å²) in [6.07, 6.45) is 2.40. The van der Waals surface area contributed by atoms with Crippen molar-refractivity contribution < 1.29 is 42.5 Å². The summed E-state index contributed by atoms with van der Waals surface area (Å²) in [5.41, 5.74) is 4.15. The highest BCUT2D eigenvalue weighted by atomic mass is 31.2. The topological polar surface area (TPSA) is 132 Å². The van der Waals surface area contributed by atoms with Crippen molar-refractivity contribution in [3.05, 3.63) is 63.9 Å². The van der Waals surface area contributed by atoms with E-state index in [-0.39, 0.29) is 28.9 Å². The van der Waals surface area contributed by atoms with E-state index in [4.69, 9.17) is 18.7 Å². The lowest BCUT2D eigenvalue weighted by Gasteiger charge is -2.38. The molecule has 238 valence electrons. The lowest BCUT2D eigenvalue weighted by Crippen LogP contribution is -2.30. The van der Waals surface area contributed by atoms with E-state index in [1.807, 2.05) is 33.8 Å². The van der Waals surface area contributed by atoms with Gasteiger partial charge in [0.25, 0.3) is 0 Å². The van der Waals surface area contributed by atoms with Crippen molar-refractivity contribution in [1.82, 2.24) is 0 Å². The minimum atomic E-state index is -5.41. The van der Waals surface area contributed by atoms with Gasteiger partial charge in [0.15, 0.2) is 11.5 Å². The highest BCUT2D eigenvalue weighted by molar-refractivity contribution is 7.72. The van der Waals surface area contributed by atoms with Gasteiger partial charge in [-0.2, -0.15) is 0 Å². The second kappa shape index (κ2) is 12.8. The lowest BCUT2D eigenvalue weighted by molar-refractivity contribution is 0.304. The van der Waals surface area contributed by atoms with E-state index in [9.17, 15) is 23.8 Å². The molecular weight excluding hydrogens is 590 g/mol. The molecule has 0 saturated carbocycles. The van der Waals surface area contributed by atoms with E-state index in [0.29, 0.717) is 33.9 Å². The van der Waals surface area contributed by atoms with Gasteiger partial charge in [0.05, 0.1) is 27.6 Å². The molecule has 0 bridgehead atoms. The Kier molecular flexibility index (Phi) is 10.4. The summed E-state index contributed by atoms with van der Waals surface area (Å²) in [4.78, 5) is 31.6. The minimum Gasteiger partial charge on any atom is -0.493 e. The molecule has 0 radical (unpaired) electrons. The third-order valence-electron chi connectivity index (χ3n) is 7.93. The van der Waals surface area contributed by atoms with Crippen molar-refractivity contribution in [3.63, 3.8) is 0 Å². The maximum atomic E-state index is 14.6. The monoisotopic (exact) mass is 636 g/mol. The van der Waals surface area contributed by atoms with Gasteiger partial charge in [0.1, 0.15) is 0 Å². The van der Waals surface area contributed by atoms with E-state index in [1.165, 1.54) is 27.4 Å². The maximum Gasteiger partial charge on any atom is 0.403 e. The highest BCUT2D eigenvalue weighted by Crippen LogP contribution is 2.84. The van der Waals surface area contributed by atoms with Gasteiger partial charge in [-0.25, -0.2) is 4.57 Å². The van der Waals surface area contributed by atoms with Crippen LogP contribution in [-0.2, 0) is 18.6 Å². The first-order valence-corrected chi connectivity index (χ1v) is 17.6. The number of ether oxygens (including phenoxy) is 3. The standard InChI is InChI=1S/C32H46O9P2/c1-18(2)23-12-13-24-29(27(23)19(3)4)28(20(5)6)30(21(7)8)32(24,42(33,34)35)43(36,37)41-15-14-22-16-25(38-9)31(40-11)26(17-22)39-10/h12-21H,1-11H3,(H,36,37)(H2,33,34,35). The summed E-state index contributed by atoms with van der Waals surface area (Å²) in [5.74, 6) is 0.525. The van der Waals surface area contributed by atoms with Crippen molar-refractivity contribution in [2.75, 3.05) is 21.3 Å². The van der Waals surface area contributed by atoms with Crippen LogP contribution in [0.25, 0.3) is 11.6 Å². The summed E-state index contributed by atoms with van der Waals surface area (Å²) < 4.78 is 50.1. The third kappa shape index (κ3) is 5.83. The van der Waals surface area contributed by atoms with Crippen LogP contribution >= 0.6 is 15.2 Å². The van der Waals surface area contributed by atoms with Crippen LogP contribution in [0.1, 0.15) is 95.0 Å². The van der Waals surface area contributed by atoms with E-state index in [2.05, 4.69) is 13.8 Å². The van der Waals surface area contributed by atoms with Crippen LogP contribution in [0.15, 0.2) is 36.1 Å². The fourth-order valence-corrected chi connectivity index (χ4v) is 10.6. The van der Waals surface area contributed by atoms with Gasteiger partial charge >= 0.3 is 15.2 Å². The molecule has 0 fully saturated rings. The lowest BCUT2D eigenvalue weighted by atomic mass is 9.81. The molecule has 9 nitrogen and oxygen atoms in total. The number of benzene rings is 2. The largest absolute Gasteiger partial charge is 0.493 e. The average molecular weight is 637 g/mol. The Morgan fingerprint density at radius 2 is 1.33 bits per heavy atom. The molecule has 0 amide bonds. The predicted molar refractivity (Wildman–Crippen MR) is 171 cm³/mol. The fourth-order valence-electron chi connectivity index (χ4n) is 6.37. The second-order valence-corrected chi connectivity index (χ2v) is 16.1. The van der Waals surface area contributed by atoms with Crippen molar-refractivity contribution in [2.45, 2.75) is 72.1 Å². The van der Waals surface area contributed by atoms with Crippen LogP contribution in [0.3, 0.4) is 0 Å².